The first kappa shape index (κ1) is 12.9. The number of rotatable bonds is 3. The van der Waals surface area contributed by atoms with Crippen LogP contribution in [-0.2, 0) is 4.79 Å². The van der Waals surface area contributed by atoms with Crippen molar-refractivity contribution < 1.29 is 9.18 Å². The molecule has 2 fully saturated rings. The Balaban J connectivity index is 1.65. The number of nitrogens with one attached hydrogen (secondary N) is 2. The first-order valence-electron chi connectivity index (χ1n) is 6.56. The van der Waals surface area contributed by atoms with E-state index in [-0.39, 0.29) is 23.0 Å². The smallest absolute Gasteiger partial charge is 0.237 e. The summed E-state index contributed by atoms with van der Waals surface area (Å²) in [4.78, 5) is 12.1. The fraction of sp³-hybridized carbons (Fsp3) is 0.500. The molecule has 1 heterocycles. The third-order valence-corrected chi connectivity index (χ3v) is 4.29. The van der Waals surface area contributed by atoms with E-state index in [0.29, 0.717) is 17.5 Å². The average molecular weight is 283 g/mol. The van der Waals surface area contributed by atoms with Crippen LogP contribution >= 0.6 is 11.6 Å². The maximum absolute atomic E-state index is 13.8. The normalized spacial score (nSPS) is 29.7. The number of carbonyl (C=O) groups excluding carboxylic acids is 1. The van der Waals surface area contributed by atoms with Crippen LogP contribution < -0.4 is 10.6 Å². The van der Waals surface area contributed by atoms with Gasteiger partial charge in [-0.2, -0.15) is 0 Å². The number of halogens is 2. The summed E-state index contributed by atoms with van der Waals surface area (Å²) in [6.45, 7) is 1.77. The van der Waals surface area contributed by atoms with Crippen LogP contribution in [0, 0.1) is 11.7 Å². The molecule has 0 spiro atoms. The molecule has 5 heteroatoms. The lowest BCUT2D eigenvalue weighted by Gasteiger charge is -2.19. The van der Waals surface area contributed by atoms with Gasteiger partial charge >= 0.3 is 0 Å². The minimum atomic E-state index is -0.459. The number of carbonyl (C=O) groups is 1. The van der Waals surface area contributed by atoms with Crippen LogP contribution in [-0.4, -0.2) is 18.0 Å². The lowest BCUT2D eigenvalue weighted by atomic mass is 10.1. The van der Waals surface area contributed by atoms with Gasteiger partial charge in [0, 0.05) is 11.6 Å². The summed E-state index contributed by atoms with van der Waals surface area (Å²) in [6.07, 6.45) is 2.07. The minimum absolute atomic E-state index is 0.0564. The van der Waals surface area contributed by atoms with Gasteiger partial charge < -0.3 is 10.6 Å². The molecule has 1 saturated carbocycles. The predicted octanol–water partition coefficient (Wildman–Crippen LogP) is 2.41. The lowest BCUT2D eigenvalue weighted by molar-refractivity contribution is -0.123. The first-order chi connectivity index (χ1) is 9.06. The highest BCUT2D eigenvalue weighted by Gasteiger charge is 2.47. The van der Waals surface area contributed by atoms with E-state index in [0.717, 1.165) is 6.42 Å². The van der Waals surface area contributed by atoms with E-state index in [4.69, 9.17) is 11.6 Å². The molecule has 2 aliphatic rings. The van der Waals surface area contributed by atoms with Crippen molar-refractivity contribution in [3.05, 3.63) is 34.6 Å². The summed E-state index contributed by atoms with van der Waals surface area (Å²) in [7, 11) is 0. The number of hydrogen-bond acceptors (Lipinski definition) is 2. The van der Waals surface area contributed by atoms with Crippen molar-refractivity contribution in [3.63, 3.8) is 0 Å². The van der Waals surface area contributed by atoms with E-state index in [1.54, 1.807) is 19.1 Å². The molecule has 1 aliphatic carbocycles. The van der Waals surface area contributed by atoms with Crippen LogP contribution in [0.2, 0.25) is 5.02 Å². The number of amides is 1. The summed E-state index contributed by atoms with van der Waals surface area (Å²) in [5.41, 5.74) is 0.420. The van der Waals surface area contributed by atoms with Crippen LogP contribution in [0.4, 0.5) is 4.39 Å². The van der Waals surface area contributed by atoms with Gasteiger partial charge in [-0.05, 0) is 31.7 Å². The first-order valence-corrected chi connectivity index (χ1v) is 6.94. The highest BCUT2D eigenvalue weighted by molar-refractivity contribution is 6.30. The Kier molecular flexibility index (Phi) is 3.23. The second kappa shape index (κ2) is 4.76. The van der Waals surface area contributed by atoms with Crippen molar-refractivity contribution in [2.24, 2.45) is 5.92 Å². The van der Waals surface area contributed by atoms with E-state index in [1.165, 1.54) is 12.5 Å². The molecule has 1 aromatic carbocycles. The van der Waals surface area contributed by atoms with Crippen molar-refractivity contribution in [2.75, 3.05) is 0 Å². The van der Waals surface area contributed by atoms with Gasteiger partial charge in [-0.3, -0.25) is 4.79 Å². The van der Waals surface area contributed by atoms with E-state index >= 15 is 0 Å². The minimum Gasteiger partial charge on any atom is -0.348 e. The van der Waals surface area contributed by atoms with E-state index in [1.807, 2.05) is 0 Å². The van der Waals surface area contributed by atoms with Gasteiger partial charge in [-0.25, -0.2) is 4.39 Å². The summed E-state index contributed by atoms with van der Waals surface area (Å²) in [5.74, 6) is 0.146. The molecular formula is C14H16ClFN2O. The average Bonchev–Trinajstić information content (AvgIpc) is 2.99. The zero-order chi connectivity index (χ0) is 13.6. The van der Waals surface area contributed by atoms with Crippen LogP contribution in [0.3, 0.4) is 0 Å². The summed E-state index contributed by atoms with van der Waals surface area (Å²) in [6, 6.07) is 4.84. The fourth-order valence-corrected chi connectivity index (χ4v) is 2.95. The van der Waals surface area contributed by atoms with Crippen LogP contribution in [0.25, 0.3) is 0 Å². The maximum atomic E-state index is 13.8. The Morgan fingerprint density at radius 2 is 2.32 bits per heavy atom. The summed E-state index contributed by atoms with van der Waals surface area (Å²) in [5, 5.41) is 6.21. The second-order valence-electron chi connectivity index (χ2n) is 5.43. The third-order valence-electron chi connectivity index (χ3n) is 4.00. The zero-order valence-corrected chi connectivity index (χ0v) is 11.4. The van der Waals surface area contributed by atoms with Crippen LogP contribution in [0.15, 0.2) is 18.2 Å². The van der Waals surface area contributed by atoms with Crippen molar-refractivity contribution in [3.8, 4) is 0 Å². The Bertz CT molecular complexity index is 512. The predicted molar refractivity (Wildman–Crippen MR) is 71.4 cm³/mol. The Morgan fingerprint density at radius 3 is 3.00 bits per heavy atom. The SMILES string of the molecule is CC(NC(=O)C1CC2CC2N1)c1cccc(Cl)c1F. The van der Waals surface area contributed by atoms with E-state index < -0.39 is 5.82 Å². The quantitative estimate of drug-likeness (QED) is 0.894. The molecule has 3 nitrogen and oxygen atoms in total. The van der Waals surface area contributed by atoms with Gasteiger partial charge in [0.05, 0.1) is 17.1 Å². The molecular weight excluding hydrogens is 267 g/mol. The van der Waals surface area contributed by atoms with Crippen molar-refractivity contribution in [1.82, 2.24) is 10.6 Å². The Hall–Kier alpha value is -1.13. The largest absolute Gasteiger partial charge is 0.348 e. The second-order valence-corrected chi connectivity index (χ2v) is 5.84. The third kappa shape index (κ3) is 2.47. The topological polar surface area (TPSA) is 41.1 Å². The molecule has 0 radical (unpaired) electrons. The van der Waals surface area contributed by atoms with Crippen LogP contribution in [0.5, 0.6) is 0 Å². The van der Waals surface area contributed by atoms with Gasteiger partial charge in [0.2, 0.25) is 5.91 Å². The zero-order valence-electron chi connectivity index (χ0n) is 10.6. The summed E-state index contributed by atoms with van der Waals surface area (Å²) < 4.78 is 13.8. The van der Waals surface area contributed by atoms with Gasteiger partial charge in [-0.15, -0.1) is 0 Å². The van der Waals surface area contributed by atoms with Gasteiger partial charge in [0.1, 0.15) is 5.82 Å². The monoisotopic (exact) mass is 282 g/mol. The van der Waals surface area contributed by atoms with E-state index in [2.05, 4.69) is 10.6 Å². The molecule has 1 aliphatic heterocycles. The highest BCUT2D eigenvalue weighted by Crippen LogP contribution is 2.40. The standard InChI is InChI=1S/C14H16ClFN2O/c1-7(9-3-2-4-10(15)13(9)16)17-14(19)12-6-8-5-11(8)18-12/h2-4,7-8,11-12,18H,5-6H2,1H3,(H,17,19). The molecule has 19 heavy (non-hydrogen) atoms. The van der Waals surface area contributed by atoms with Crippen molar-refractivity contribution in [1.29, 1.82) is 0 Å². The maximum Gasteiger partial charge on any atom is 0.237 e. The Labute approximate surface area is 116 Å². The molecule has 4 atom stereocenters. The van der Waals surface area contributed by atoms with Crippen molar-refractivity contribution in [2.45, 2.75) is 37.9 Å². The molecule has 102 valence electrons. The van der Waals surface area contributed by atoms with E-state index in [9.17, 15) is 9.18 Å². The molecule has 2 N–H and O–H groups in total. The van der Waals surface area contributed by atoms with Gasteiger partial charge in [0.25, 0.3) is 0 Å². The number of piperidine rings is 1. The Morgan fingerprint density at radius 1 is 1.53 bits per heavy atom. The van der Waals surface area contributed by atoms with Crippen molar-refractivity contribution >= 4 is 17.5 Å². The lowest BCUT2D eigenvalue weighted by Crippen LogP contribution is -2.43. The highest BCUT2D eigenvalue weighted by atomic mass is 35.5. The molecule has 1 aromatic rings. The number of benzene rings is 1. The molecule has 4 unspecified atom stereocenters. The van der Waals surface area contributed by atoms with Crippen LogP contribution in [0.1, 0.15) is 31.4 Å². The van der Waals surface area contributed by atoms with Gasteiger partial charge in [-0.1, -0.05) is 23.7 Å². The molecule has 0 bridgehead atoms. The fourth-order valence-electron chi connectivity index (χ4n) is 2.77. The number of fused-ring (bicyclic) bond motifs is 1. The van der Waals surface area contributed by atoms with Gasteiger partial charge in [0.15, 0.2) is 0 Å². The molecule has 1 saturated heterocycles. The number of hydrogen-bond donors (Lipinski definition) is 2. The molecule has 3 rings (SSSR count). The summed E-state index contributed by atoms with van der Waals surface area (Å²) >= 11 is 5.75. The molecule has 1 amide bonds. The molecule has 0 aromatic heterocycles.